The summed E-state index contributed by atoms with van der Waals surface area (Å²) in [5.74, 6) is -0.515. The van der Waals surface area contributed by atoms with Crippen molar-refractivity contribution in [2.24, 2.45) is 11.8 Å². The zero-order valence-electron chi connectivity index (χ0n) is 15.9. The van der Waals surface area contributed by atoms with Gasteiger partial charge in [-0.1, -0.05) is 52.0 Å². The number of aromatic carboxylic acids is 2. The van der Waals surface area contributed by atoms with Gasteiger partial charge in [0.2, 0.25) is 0 Å². The molecule has 26 heavy (non-hydrogen) atoms. The largest absolute Gasteiger partial charge is 0.478 e. The van der Waals surface area contributed by atoms with Crippen molar-refractivity contribution in [2.75, 3.05) is 0 Å². The van der Waals surface area contributed by atoms with Crippen LogP contribution in [-0.4, -0.2) is 22.2 Å². The van der Waals surface area contributed by atoms with Crippen LogP contribution in [0, 0.1) is 11.8 Å². The first-order valence-electron chi connectivity index (χ1n) is 8.83. The summed E-state index contributed by atoms with van der Waals surface area (Å²) in [5, 5.41) is 17.3. The number of hydrogen-bond donors (Lipinski definition) is 2. The molecular formula is C22H28O4. The van der Waals surface area contributed by atoms with Gasteiger partial charge in [0.1, 0.15) is 0 Å². The third-order valence-corrected chi connectivity index (χ3v) is 3.69. The maximum Gasteiger partial charge on any atom is 0.335 e. The summed E-state index contributed by atoms with van der Waals surface area (Å²) < 4.78 is 0. The van der Waals surface area contributed by atoms with E-state index in [1.54, 1.807) is 24.3 Å². The van der Waals surface area contributed by atoms with E-state index in [0.717, 1.165) is 12.8 Å². The van der Waals surface area contributed by atoms with E-state index in [0.29, 0.717) is 23.0 Å². The van der Waals surface area contributed by atoms with Crippen LogP contribution in [0.5, 0.6) is 0 Å². The molecule has 0 aliphatic carbocycles. The SMILES string of the molecule is CC(C)Cc1ccc(C(=O)O)cc1.CC(C)Cc1ccc(C(=O)O)cc1. The molecule has 0 atom stereocenters. The van der Waals surface area contributed by atoms with Gasteiger partial charge >= 0.3 is 11.9 Å². The van der Waals surface area contributed by atoms with E-state index in [2.05, 4.69) is 27.7 Å². The maximum atomic E-state index is 10.5. The van der Waals surface area contributed by atoms with E-state index >= 15 is 0 Å². The van der Waals surface area contributed by atoms with Gasteiger partial charge in [-0.25, -0.2) is 9.59 Å². The highest BCUT2D eigenvalue weighted by Gasteiger charge is 2.03. The molecule has 0 saturated carbocycles. The maximum absolute atomic E-state index is 10.5. The lowest BCUT2D eigenvalue weighted by atomic mass is 10.0. The Balaban J connectivity index is 0.000000260. The van der Waals surface area contributed by atoms with Gasteiger partial charge in [-0.3, -0.25) is 0 Å². The molecule has 0 spiro atoms. The van der Waals surface area contributed by atoms with Gasteiger partial charge in [-0.15, -0.1) is 0 Å². The van der Waals surface area contributed by atoms with Crippen LogP contribution in [0.15, 0.2) is 48.5 Å². The number of carbonyl (C=O) groups is 2. The number of benzene rings is 2. The zero-order valence-corrected chi connectivity index (χ0v) is 15.9. The summed E-state index contributed by atoms with van der Waals surface area (Å²) in [6, 6.07) is 14.1. The Hall–Kier alpha value is -2.62. The van der Waals surface area contributed by atoms with Crippen LogP contribution in [-0.2, 0) is 12.8 Å². The minimum Gasteiger partial charge on any atom is -0.478 e. The highest BCUT2D eigenvalue weighted by Crippen LogP contribution is 2.10. The fraction of sp³-hybridized carbons (Fsp3) is 0.364. The average molecular weight is 356 g/mol. The molecule has 0 bridgehead atoms. The Kier molecular flexibility index (Phi) is 8.56. The van der Waals surface area contributed by atoms with Crippen LogP contribution < -0.4 is 0 Å². The van der Waals surface area contributed by atoms with Crippen LogP contribution in [0.4, 0.5) is 0 Å². The molecule has 4 heteroatoms. The van der Waals surface area contributed by atoms with Gasteiger partial charge < -0.3 is 10.2 Å². The second kappa shape index (κ2) is 10.4. The molecule has 0 aromatic heterocycles. The number of rotatable bonds is 6. The molecule has 0 amide bonds. The Morgan fingerprint density at radius 3 is 1.12 bits per heavy atom. The third kappa shape index (κ3) is 7.97. The Labute approximate surface area is 155 Å². The van der Waals surface area contributed by atoms with E-state index < -0.39 is 11.9 Å². The summed E-state index contributed by atoms with van der Waals surface area (Å²) in [6.45, 7) is 8.58. The second-order valence-corrected chi connectivity index (χ2v) is 7.20. The van der Waals surface area contributed by atoms with Crippen molar-refractivity contribution in [3.63, 3.8) is 0 Å². The molecule has 0 saturated heterocycles. The Morgan fingerprint density at radius 1 is 0.654 bits per heavy atom. The third-order valence-electron chi connectivity index (χ3n) is 3.69. The van der Waals surface area contributed by atoms with Crippen molar-refractivity contribution < 1.29 is 19.8 Å². The average Bonchev–Trinajstić information content (AvgIpc) is 2.55. The topological polar surface area (TPSA) is 74.6 Å². The predicted molar refractivity (Wildman–Crippen MR) is 104 cm³/mol. The Morgan fingerprint density at radius 2 is 0.923 bits per heavy atom. The number of carboxylic acids is 2. The lowest BCUT2D eigenvalue weighted by Crippen LogP contribution is -1.98. The van der Waals surface area contributed by atoms with Gasteiger partial charge in [-0.05, 0) is 60.1 Å². The molecule has 0 fully saturated rings. The van der Waals surface area contributed by atoms with E-state index in [9.17, 15) is 9.59 Å². The molecule has 2 rings (SSSR count). The fourth-order valence-electron chi connectivity index (χ4n) is 2.51. The van der Waals surface area contributed by atoms with Crippen LogP contribution in [0.25, 0.3) is 0 Å². The van der Waals surface area contributed by atoms with E-state index in [-0.39, 0.29) is 0 Å². The van der Waals surface area contributed by atoms with Gasteiger partial charge in [0.15, 0.2) is 0 Å². The Bertz CT molecular complexity index is 634. The summed E-state index contributed by atoms with van der Waals surface area (Å²) in [7, 11) is 0. The molecule has 2 aromatic rings. The molecule has 2 aromatic carbocycles. The van der Waals surface area contributed by atoms with Crippen molar-refractivity contribution >= 4 is 11.9 Å². The van der Waals surface area contributed by atoms with Gasteiger partial charge in [-0.2, -0.15) is 0 Å². The van der Waals surface area contributed by atoms with Gasteiger partial charge in [0.25, 0.3) is 0 Å². The van der Waals surface area contributed by atoms with Crippen molar-refractivity contribution in [1.29, 1.82) is 0 Å². The first kappa shape index (κ1) is 21.4. The fourth-order valence-corrected chi connectivity index (χ4v) is 2.51. The summed E-state index contributed by atoms with van der Waals surface area (Å²) >= 11 is 0. The van der Waals surface area contributed by atoms with Gasteiger partial charge in [0.05, 0.1) is 11.1 Å². The van der Waals surface area contributed by atoms with Crippen LogP contribution in [0.1, 0.15) is 59.5 Å². The quantitative estimate of drug-likeness (QED) is 0.749. The molecule has 0 radical (unpaired) electrons. The predicted octanol–water partition coefficient (Wildman–Crippen LogP) is 5.17. The summed E-state index contributed by atoms with van der Waals surface area (Å²) in [4.78, 5) is 21.1. The lowest BCUT2D eigenvalue weighted by molar-refractivity contribution is 0.0686. The molecule has 0 aliphatic heterocycles. The van der Waals surface area contributed by atoms with E-state index in [1.807, 2.05) is 24.3 Å². The van der Waals surface area contributed by atoms with Crippen LogP contribution in [0.2, 0.25) is 0 Å². The van der Waals surface area contributed by atoms with Crippen molar-refractivity contribution in [2.45, 2.75) is 40.5 Å². The molecular weight excluding hydrogens is 328 g/mol. The van der Waals surface area contributed by atoms with Crippen molar-refractivity contribution in [3.05, 3.63) is 70.8 Å². The normalized spacial score (nSPS) is 10.4. The standard InChI is InChI=1S/2C11H14O2/c2*1-8(2)7-9-3-5-10(6-4-9)11(12)13/h2*3-6,8H,7H2,1-2H3,(H,12,13). The van der Waals surface area contributed by atoms with Crippen molar-refractivity contribution in [3.8, 4) is 0 Å². The second-order valence-electron chi connectivity index (χ2n) is 7.20. The number of carboxylic acid groups (broad SMARTS) is 2. The molecule has 4 nitrogen and oxygen atoms in total. The molecule has 0 unspecified atom stereocenters. The molecule has 0 aliphatic rings. The molecule has 140 valence electrons. The number of hydrogen-bond acceptors (Lipinski definition) is 2. The van der Waals surface area contributed by atoms with E-state index in [1.165, 1.54) is 11.1 Å². The van der Waals surface area contributed by atoms with E-state index in [4.69, 9.17) is 10.2 Å². The first-order valence-corrected chi connectivity index (χ1v) is 8.83. The smallest absolute Gasteiger partial charge is 0.335 e. The first-order chi connectivity index (χ1) is 12.2. The summed E-state index contributed by atoms with van der Waals surface area (Å²) in [5.41, 5.74) is 3.10. The van der Waals surface area contributed by atoms with Crippen LogP contribution in [0.3, 0.4) is 0 Å². The zero-order chi connectivity index (χ0) is 19.7. The lowest BCUT2D eigenvalue weighted by Gasteiger charge is -2.04. The minimum atomic E-state index is -0.865. The molecule has 0 heterocycles. The van der Waals surface area contributed by atoms with Crippen LogP contribution >= 0.6 is 0 Å². The highest BCUT2D eigenvalue weighted by molar-refractivity contribution is 5.87. The monoisotopic (exact) mass is 356 g/mol. The summed E-state index contributed by atoms with van der Waals surface area (Å²) in [6.07, 6.45) is 2.00. The molecule has 2 N–H and O–H groups in total. The minimum absolute atomic E-state index is 0.354. The van der Waals surface area contributed by atoms with Crippen molar-refractivity contribution in [1.82, 2.24) is 0 Å². The highest BCUT2D eigenvalue weighted by atomic mass is 16.4. The van der Waals surface area contributed by atoms with Gasteiger partial charge in [0, 0.05) is 0 Å².